The molecule has 2 aromatic rings. The van der Waals surface area contributed by atoms with Crippen molar-refractivity contribution < 1.29 is 58.5 Å². The highest BCUT2D eigenvalue weighted by atomic mass is 16.7. The SMILES string of the molecule is CO[C@H]1/C=C/O[C@@]2(C)Oc3c(C)c(O)c4c(O)c(c5c(c4c3C2=O)NC2(CCN(CC(C)C)CC2)N=5)=NC(=O)/C(C)=C\C=C\[C@H](C)[C@H](O)[C@@H](C)[C@@H](O)[C@@H](C)[C@H](OC(=O)N2CC3CC2CN3CC2CCOCC2)[C@@H]1C. The molecule has 18 heteroatoms. The molecule has 4 saturated heterocycles. The van der Waals surface area contributed by atoms with Crippen molar-refractivity contribution in [3.8, 4) is 17.2 Å². The number of anilines is 1. The highest BCUT2D eigenvalue weighted by molar-refractivity contribution is 6.21. The van der Waals surface area contributed by atoms with E-state index in [2.05, 4.69) is 34.0 Å². The van der Waals surface area contributed by atoms with Gasteiger partial charge in [0.25, 0.3) is 11.7 Å². The summed E-state index contributed by atoms with van der Waals surface area (Å²) in [6, 6.07) is 0.213. The number of likely N-dealkylation sites (tertiary alicyclic amines) is 3. The number of phenolic OH excluding ortho intramolecular Hbond substituents is 2. The predicted octanol–water partition coefficient (Wildman–Crippen LogP) is 5.51. The Morgan fingerprint density at radius 1 is 0.932 bits per heavy atom. The highest BCUT2D eigenvalue weighted by Crippen LogP contribution is 2.51. The van der Waals surface area contributed by atoms with Crippen LogP contribution in [0.2, 0.25) is 0 Å². The Morgan fingerprint density at radius 3 is 2.31 bits per heavy atom. The van der Waals surface area contributed by atoms with Crippen LogP contribution in [0.5, 0.6) is 17.2 Å². The quantitative estimate of drug-likeness (QED) is 0.225. The number of aliphatic hydroxyl groups is 2. The number of fused-ring (bicyclic) bond motifs is 15. The molecular weight excluding hydrogens is 949 g/mol. The fraction of sp³-hybridized carbons (Fsp3) is 0.661. The Kier molecular flexibility index (Phi) is 15.3. The zero-order valence-electron chi connectivity index (χ0n) is 44.8. The molecule has 8 aliphatic heterocycles. The van der Waals surface area contributed by atoms with Crippen molar-refractivity contribution in [2.45, 2.75) is 142 Å². The Hall–Kier alpha value is -5.11. The Labute approximate surface area is 434 Å². The van der Waals surface area contributed by atoms with Gasteiger partial charge in [-0.1, -0.05) is 59.8 Å². The third-order valence-corrected chi connectivity index (χ3v) is 17.3. The summed E-state index contributed by atoms with van der Waals surface area (Å²) in [6.07, 6.45) is 7.54. The van der Waals surface area contributed by atoms with Gasteiger partial charge in [0.1, 0.15) is 34.0 Å². The van der Waals surface area contributed by atoms with Gasteiger partial charge in [-0.3, -0.25) is 19.5 Å². The molecule has 0 aliphatic carbocycles. The summed E-state index contributed by atoms with van der Waals surface area (Å²) in [5.41, 5.74) is -0.109. The second-order valence-corrected chi connectivity index (χ2v) is 23.0. The molecule has 18 nitrogen and oxygen atoms in total. The van der Waals surface area contributed by atoms with Crippen LogP contribution < -0.4 is 20.8 Å². The lowest BCUT2D eigenvalue weighted by atomic mass is 9.78. The first-order chi connectivity index (χ1) is 35.2. The van der Waals surface area contributed by atoms with E-state index < -0.39 is 83.1 Å². The van der Waals surface area contributed by atoms with Crippen molar-refractivity contribution in [3.05, 3.63) is 58.0 Å². The first-order valence-corrected chi connectivity index (χ1v) is 26.8. The van der Waals surface area contributed by atoms with Crippen LogP contribution in [0.15, 0.2) is 46.1 Å². The van der Waals surface area contributed by atoms with Gasteiger partial charge in [0, 0.05) is 132 Å². The van der Waals surface area contributed by atoms with Gasteiger partial charge in [-0.25, -0.2) is 9.79 Å². The molecule has 8 aliphatic rings. The molecule has 2 unspecified atom stereocenters. The summed E-state index contributed by atoms with van der Waals surface area (Å²) >= 11 is 0. The second-order valence-electron chi connectivity index (χ2n) is 23.0. The minimum atomic E-state index is -1.97. The number of aliphatic hydroxyl groups excluding tert-OH is 2. The van der Waals surface area contributed by atoms with Gasteiger partial charge in [0.15, 0.2) is 5.75 Å². The summed E-state index contributed by atoms with van der Waals surface area (Å²) in [5.74, 6) is -5.57. The average molecular weight is 1030 g/mol. The van der Waals surface area contributed by atoms with Crippen molar-refractivity contribution in [1.82, 2.24) is 14.7 Å². The van der Waals surface area contributed by atoms with Gasteiger partial charge in [0.05, 0.1) is 41.2 Å². The number of ketones is 1. The summed E-state index contributed by atoms with van der Waals surface area (Å²) in [7, 11) is 1.51. The minimum Gasteiger partial charge on any atom is -0.507 e. The molecule has 5 N–H and O–H groups in total. The number of aromatic hydroxyl groups is 2. The van der Waals surface area contributed by atoms with Crippen molar-refractivity contribution in [2.75, 3.05) is 64.9 Å². The standard InChI is InChI=1S/C56H78N6O12/c1-29(2)25-60-19-17-56(18-20-60)58-43-40-41-48(65)35(8)51-42(40)52(67)55(9,74-51)72-23-16-39(70-10)32(5)50(73-54(69)62-28-37-24-38(62)27-61(37)26-36-14-21-71-22-15-36)34(7)47(64)33(6)46(63)30(3)12-11-13-31(4)53(68)57-45(49(41)66)44(43)59-56/h11-13,16,23,29-30,32-34,36-39,46-47,50,58,63-66H,14-15,17-22,24-28H2,1-10H3/b12-11+,23-16+,31-13-,57-45?/t30-,32+,33+,34+,37?,38?,39-,46-,47+,50+,55-/m0/s1. The summed E-state index contributed by atoms with van der Waals surface area (Å²) < 4.78 is 30.8. The number of phenols is 2. The van der Waals surface area contributed by atoms with Crippen LogP contribution in [0, 0.1) is 42.4 Å². The van der Waals surface area contributed by atoms with E-state index in [-0.39, 0.29) is 61.8 Å². The molecule has 4 fully saturated rings. The van der Waals surface area contributed by atoms with Crippen LogP contribution in [-0.4, -0.2) is 160 Å². The van der Waals surface area contributed by atoms with Crippen LogP contribution in [0.4, 0.5) is 10.5 Å². The molecule has 11 atom stereocenters. The van der Waals surface area contributed by atoms with Crippen LogP contribution in [0.25, 0.3) is 10.8 Å². The number of Topliss-reactive ketones (excluding diaryl/α,β-unsaturated/α-hetero) is 1. The van der Waals surface area contributed by atoms with Gasteiger partial charge in [-0.15, -0.1) is 0 Å². The van der Waals surface area contributed by atoms with E-state index in [0.29, 0.717) is 36.9 Å². The van der Waals surface area contributed by atoms with E-state index >= 15 is 4.79 Å². The number of carbonyl (C=O) groups excluding carboxylic acids is 3. The number of nitrogens with one attached hydrogen (secondary N) is 1. The molecule has 0 aromatic heterocycles. The maximum Gasteiger partial charge on any atom is 0.410 e. The normalized spacial score (nSPS) is 34.5. The smallest absolute Gasteiger partial charge is 0.410 e. The largest absolute Gasteiger partial charge is 0.507 e. The van der Waals surface area contributed by atoms with Crippen molar-refractivity contribution in [2.24, 2.45) is 45.5 Å². The number of benzene rings is 2. The van der Waals surface area contributed by atoms with E-state index in [4.69, 9.17) is 28.7 Å². The monoisotopic (exact) mass is 1030 g/mol. The van der Waals surface area contributed by atoms with Gasteiger partial charge in [-0.05, 0) is 51.0 Å². The van der Waals surface area contributed by atoms with E-state index in [1.54, 1.807) is 52.0 Å². The third kappa shape index (κ3) is 9.94. The number of carbonyl (C=O) groups is 3. The molecule has 404 valence electrons. The van der Waals surface area contributed by atoms with Crippen molar-refractivity contribution >= 4 is 34.2 Å². The minimum absolute atomic E-state index is 0.0123. The summed E-state index contributed by atoms with van der Waals surface area (Å²) in [4.78, 5) is 59.8. The van der Waals surface area contributed by atoms with Crippen molar-refractivity contribution in [1.29, 1.82) is 0 Å². The number of hydrogen-bond acceptors (Lipinski definition) is 16. The fourth-order valence-corrected chi connectivity index (χ4v) is 12.7. The number of piperazine rings is 1. The second kappa shape index (κ2) is 21.1. The molecule has 8 heterocycles. The molecule has 0 radical (unpaired) electrons. The number of allylic oxidation sites excluding steroid dienone is 2. The molecule has 74 heavy (non-hydrogen) atoms. The van der Waals surface area contributed by atoms with Crippen molar-refractivity contribution in [3.63, 3.8) is 0 Å². The van der Waals surface area contributed by atoms with Crippen LogP contribution in [-0.2, 0) is 23.7 Å². The van der Waals surface area contributed by atoms with Crippen LogP contribution in [0.1, 0.15) is 103 Å². The summed E-state index contributed by atoms with van der Waals surface area (Å²) in [5, 5.41) is 51.8. The molecule has 10 rings (SSSR count). The topological polar surface area (TPSA) is 225 Å². The van der Waals surface area contributed by atoms with Gasteiger partial charge in [0.2, 0.25) is 0 Å². The number of piperidine rings is 1. The van der Waals surface area contributed by atoms with E-state index in [9.17, 15) is 30.0 Å². The number of methoxy groups -OCH3 is 1. The van der Waals surface area contributed by atoms with E-state index in [1.165, 1.54) is 20.3 Å². The number of amides is 2. The Morgan fingerprint density at radius 2 is 1.65 bits per heavy atom. The Balaban J connectivity index is 1.08. The van der Waals surface area contributed by atoms with E-state index in [0.717, 1.165) is 65.2 Å². The lowest BCUT2D eigenvalue weighted by Gasteiger charge is -2.40. The molecule has 0 saturated carbocycles. The van der Waals surface area contributed by atoms with Gasteiger partial charge in [-0.2, -0.15) is 0 Å². The lowest BCUT2D eigenvalue weighted by Crippen LogP contribution is -2.52. The lowest BCUT2D eigenvalue weighted by molar-refractivity contribution is -0.114. The average Bonchev–Trinajstić information content (AvgIpc) is 4.15. The Bertz CT molecular complexity index is 2730. The molecular formula is C56H78N6O12. The number of hydrogen-bond donors (Lipinski definition) is 5. The predicted molar refractivity (Wildman–Crippen MR) is 276 cm³/mol. The molecule has 2 aromatic carbocycles. The number of nitrogens with zero attached hydrogens (tertiary/aromatic N) is 5. The first kappa shape index (κ1) is 53.7. The van der Waals surface area contributed by atoms with Gasteiger partial charge < -0.3 is 59.2 Å². The maximum absolute atomic E-state index is 15.0. The zero-order valence-corrected chi connectivity index (χ0v) is 44.8. The molecule has 2 amide bonds. The maximum atomic E-state index is 15.0. The number of ether oxygens (including phenoxy) is 5. The number of rotatable bonds is 6. The van der Waals surface area contributed by atoms with Crippen LogP contribution in [0.3, 0.4) is 0 Å². The highest BCUT2D eigenvalue weighted by Gasteiger charge is 2.52. The third-order valence-electron chi connectivity index (χ3n) is 17.3. The zero-order chi connectivity index (χ0) is 53.1. The molecule has 7 bridgehead atoms. The van der Waals surface area contributed by atoms with E-state index in [1.807, 2.05) is 18.7 Å². The first-order valence-electron chi connectivity index (χ1n) is 26.8. The van der Waals surface area contributed by atoms with Crippen LogP contribution >= 0.6 is 0 Å². The fourth-order valence-electron chi connectivity index (χ4n) is 12.7. The summed E-state index contributed by atoms with van der Waals surface area (Å²) in [6.45, 7) is 22.4. The molecule has 1 spiro atoms. The van der Waals surface area contributed by atoms with Gasteiger partial charge >= 0.3 is 11.9 Å².